The van der Waals surface area contributed by atoms with Crippen LogP contribution in [0.3, 0.4) is 0 Å². The van der Waals surface area contributed by atoms with Gasteiger partial charge >= 0.3 is 6.18 Å². The Kier molecular flexibility index (Phi) is 3.84. The van der Waals surface area contributed by atoms with Gasteiger partial charge in [0.25, 0.3) is 0 Å². The number of hydrogen-bond acceptors (Lipinski definition) is 3. The average Bonchev–Trinajstić information content (AvgIpc) is 2.16. The molecule has 0 spiro atoms. The van der Waals surface area contributed by atoms with Gasteiger partial charge in [0, 0.05) is 7.05 Å². The van der Waals surface area contributed by atoms with Gasteiger partial charge in [-0.05, 0) is 17.9 Å². The summed E-state index contributed by atoms with van der Waals surface area (Å²) in [6.07, 6.45) is -4.32. The van der Waals surface area contributed by atoms with E-state index in [1.165, 1.54) is 11.8 Å². The molecule has 0 aromatic carbocycles. The number of thioether (sulfide) groups is 1. The van der Waals surface area contributed by atoms with E-state index in [1.54, 1.807) is 7.05 Å². The molecule has 0 saturated carbocycles. The number of anilines is 1. The third-order valence-electron chi connectivity index (χ3n) is 1.68. The van der Waals surface area contributed by atoms with Crippen LogP contribution in [0.25, 0.3) is 0 Å². The molecule has 2 nitrogen and oxygen atoms in total. The maximum absolute atomic E-state index is 12.5. The van der Waals surface area contributed by atoms with Crippen LogP contribution in [-0.4, -0.2) is 17.8 Å². The first-order chi connectivity index (χ1) is 6.97. The van der Waals surface area contributed by atoms with Crippen LogP contribution in [-0.2, 0) is 6.18 Å². The molecule has 84 valence electrons. The Labute approximate surface area is 90.3 Å². The van der Waals surface area contributed by atoms with Crippen molar-refractivity contribution in [1.29, 1.82) is 0 Å². The number of nitrogens with one attached hydrogen (secondary N) is 1. The predicted octanol–water partition coefficient (Wildman–Crippen LogP) is 3.25. The van der Waals surface area contributed by atoms with Crippen molar-refractivity contribution in [1.82, 2.24) is 4.98 Å². The van der Waals surface area contributed by atoms with Crippen molar-refractivity contribution >= 4 is 17.6 Å². The van der Waals surface area contributed by atoms with Crippen molar-refractivity contribution in [3.63, 3.8) is 0 Å². The van der Waals surface area contributed by atoms with Crippen molar-refractivity contribution in [3.05, 3.63) is 17.7 Å². The number of aromatic nitrogens is 1. The van der Waals surface area contributed by atoms with Crippen molar-refractivity contribution in [2.75, 3.05) is 18.1 Å². The van der Waals surface area contributed by atoms with Crippen molar-refractivity contribution < 1.29 is 13.2 Å². The molecular formula is C9H11F3N2S. The van der Waals surface area contributed by atoms with Crippen LogP contribution in [0.15, 0.2) is 17.2 Å². The summed E-state index contributed by atoms with van der Waals surface area (Å²) in [4.78, 5) is 4.01. The van der Waals surface area contributed by atoms with Gasteiger partial charge in [0.2, 0.25) is 0 Å². The van der Waals surface area contributed by atoms with Gasteiger partial charge in [-0.3, -0.25) is 0 Å². The predicted molar refractivity (Wildman–Crippen MR) is 55.2 cm³/mol. The van der Waals surface area contributed by atoms with E-state index in [0.717, 1.165) is 12.1 Å². The molecule has 0 fully saturated rings. The standard InChI is InChI=1S/C9H11F3N2S/c1-3-15-8-5-6(9(10,11)12)4-7(13-2)14-8/h4-5H,3H2,1-2H3,(H,13,14). The maximum Gasteiger partial charge on any atom is 0.416 e. The van der Waals surface area contributed by atoms with Gasteiger partial charge in [-0.15, -0.1) is 11.8 Å². The fourth-order valence-corrected chi connectivity index (χ4v) is 1.69. The third kappa shape index (κ3) is 3.30. The first kappa shape index (κ1) is 12.2. The summed E-state index contributed by atoms with van der Waals surface area (Å²) in [7, 11) is 1.54. The molecule has 0 aliphatic carbocycles. The summed E-state index contributed by atoms with van der Waals surface area (Å²) >= 11 is 1.28. The second-order valence-corrected chi connectivity index (χ2v) is 4.04. The highest BCUT2D eigenvalue weighted by Crippen LogP contribution is 2.32. The molecule has 0 bridgehead atoms. The molecule has 6 heteroatoms. The van der Waals surface area contributed by atoms with Crippen LogP contribution >= 0.6 is 11.8 Å². The van der Waals surface area contributed by atoms with E-state index in [1.807, 2.05) is 6.92 Å². The first-order valence-electron chi connectivity index (χ1n) is 4.37. The topological polar surface area (TPSA) is 24.9 Å². The molecule has 1 N–H and O–H groups in total. The molecule has 0 aliphatic rings. The summed E-state index contributed by atoms with van der Waals surface area (Å²) < 4.78 is 37.4. The maximum atomic E-state index is 12.5. The number of hydrogen-bond donors (Lipinski definition) is 1. The van der Waals surface area contributed by atoms with Crippen molar-refractivity contribution in [3.8, 4) is 0 Å². The lowest BCUT2D eigenvalue weighted by molar-refractivity contribution is -0.137. The van der Waals surface area contributed by atoms with E-state index in [2.05, 4.69) is 10.3 Å². The lowest BCUT2D eigenvalue weighted by atomic mass is 10.2. The van der Waals surface area contributed by atoms with E-state index in [0.29, 0.717) is 10.8 Å². The third-order valence-corrected chi connectivity index (χ3v) is 2.47. The van der Waals surface area contributed by atoms with E-state index < -0.39 is 11.7 Å². The van der Waals surface area contributed by atoms with Gasteiger partial charge < -0.3 is 5.32 Å². The molecule has 1 rings (SSSR count). The zero-order chi connectivity index (χ0) is 11.5. The molecule has 1 aromatic rings. The average molecular weight is 236 g/mol. The largest absolute Gasteiger partial charge is 0.416 e. The van der Waals surface area contributed by atoms with Crippen molar-refractivity contribution in [2.24, 2.45) is 0 Å². The SMILES string of the molecule is CCSc1cc(C(F)(F)F)cc(NC)n1. The number of nitrogens with zero attached hydrogens (tertiary/aromatic N) is 1. The lowest BCUT2D eigenvalue weighted by Gasteiger charge is -2.10. The van der Waals surface area contributed by atoms with E-state index in [-0.39, 0.29) is 5.82 Å². The second kappa shape index (κ2) is 4.74. The van der Waals surface area contributed by atoms with E-state index in [4.69, 9.17) is 0 Å². The zero-order valence-electron chi connectivity index (χ0n) is 8.35. The van der Waals surface area contributed by atoms with Crippen LogP contribution in [0.2, 0.25) is 0 Å². The smallest absolute Gasteiger partial charge is 0.373 e. The summed E-state index contributed by atoms with van der Waals surface area (Å²) in [5.41, 5.74) is -0.669. The Morgan fingerprint density at radius 1 is 1.40 bits per heavy atom. The molecule has 0 amide bonds. The van der Waals surface area contributed by atoms with Crippen LogP contribution < -0.4 is 5.32 Å². The minimum atomic E-state index is -4.32. The molecule has 15 heavy (non-hydrogen) atoms. The summed E-state index contributed by atoms with van der Waals surface area (Å²) in [6.45, 7) is 1.87. The van der Waals surface area contributed by atoms with Gasteiger partial charge in [-0.2, -0.15) is 13.2 Å². The monoisotopic (exact) mass is 236 g/mol. The Morgan fingerprint density at radius 3 is 2.53 bits per heavy atom. The summed E-state index contributed by atoms with van der Waals surface area (Å²) in [5.74, 6) is 0.929. The molecule has 0 atom stereocenters. The van der Waals surface area contributed by atoms with Gasteiger partial charge in [-0.1, -0.05) is 6.92 Å². The lowest BCUT2D eigenvalue weighted by Crippen LogP contribution is -2.07. The Bertz CT molecular complexity index is 339. The van der Waals surface area contributed by atoms with Gasteiger partial charge in [0.15, 0.2) is 0 Å². The minimum absolute atomic E-state index is 0.237. The first-order valence-corrected chi connectivity index (χ1v) is 5.35. The summed E-state index contributed by atoms with van der Waals surface area (Å²) in [5, 5.41) is 3.00. The second-order valence-electron chi connectivity index (χ2n) is 2.76. The Hall–Kier alpha value is -0.910. The van der Waals surface area contributed by atoms with Crippen LogP contribution in [0.5, 0.6) is 0 Å². The quantitative estimate of drug-likeness (QED) is 0.815. The molecular weight excluding hydrogens is 225 g/mol. The molecule has 0 saturated heterocycles. The molecule has 0 radical (unpaired) electrons. The highest BCUT2D eigenvalue weighted by molar-refractivity contribution is 7.99. The van der Waals surface area contributed by atoms with Crippen LogP contribution in [0.1, 0.15) is 12.5 Å². The summed E-state index contributed by atoms with van der Waals surface area (Å²) in [6, 6.07) is 2.06. The van der Waals surface area contributed by atoms with E-state index >= 15 is 0 Å². The highest BCUT2D eigenvalue weighted by atomic mass is 32.2. The van der Waals surface area contributed by atoms with E-state index in [9.17, 15) is 13.2 Å². The number of rotatable bonds is 3. The highest BCUT2D eigenvalue weighted by Gasteiger charge is 2.31. The normalized spacial score (nSPS) is 11.5. The molecule has 1 heterocycles. The van der Waals surface area contributed by atoms with Crippen LogP contribution in [0.4, 0.5) is 19.0 Å². The number of halogens is 3. The Morgan fingerprint density at radius 2 is 2.07 bits per heavy atom. The van der Waals surface area contributed by atoms with Crippen molar-refractivity contribution in [2.45, 2.75) is 18.1 Å². The minimum Gasteiger partial charge on any atom is -0.373 e. The number of pyridine rings is 1. The zero-order valence-corrected chi connectivity index (χ0v) is 9.17. The fraction of sp³-hybridized carbons (Fsp3) is 0.444. The van der Waals surface area contributed by atoms with Gasteiger partial charge in [-0.25, -0.2) is 4.98 Å². The number of alkyl halides is 3. The van der Waals surface area contributed by atoms with Gasteiger partial charge in [0.05, 0.1) is 10.6 Å². The van der Waals surface area contributed by atoms with Crippen LogP contribution in [0, 0.1) is 0 Å². The fourth-order valence-electron chi connectivity index (χ4n) is 1.02. The van der Waals surface area contributed by atoms with Gasteiger partial charge in [0.1, 0.15) is 5.82 Å². The molecule has 1 aromatic heterocycles. The Balaban J connectivity index is 3.11. The molecule has 0 unspecified atom stereocenters. The molecule has 0 aliphatic heterocycles.